The second-order valence-electron chi connectivity index (χ2n) is 9.41. The van der Waals surface area contributed by atoms with Crippen molar-refractivity contribution >= 4 is 35.3 Å². The normalized spacial score (nSPS) is 11.5. The minimum Gasteiger partial charge on any atom is -0.494 e. The summed E-state index contributed by atoms with van der Waals surface area (Å²) in [5.41, 5.74) is 2.37. The molecule has 0 aromatic heterocycles. The summed E-state index contributed by atoms with van der Waals surface area (Å²) in [5, 5.41) is 4.33. The molecule has 38 heavy (non-hydrogen) atoms. The Morgan fingerprint density at radius 1 is 0.447 bits per heavy atom. The van der Waals surface area contributed by atoms with Crippen LogP contribution in [0.1, 0.15) is 24.0 Å². The molecule has 0 radical (unpaired) electrons. The molecule has 5 rings (SSSR count). The van der Waals surface area contributed by atoms with Gasteiger partial charge in [-0.1, -0.05) is 109 Å². The average molecular weight is 514 g/mol. The molecule has 0 saturated heterocycles. The third-order valence-corrected chi connectivity index (χ3v) is 11.4. The predicted molar refractivity (Wildman–Crippen MR) is 167 cm³/mol. The molecule has 1 nitrogen and oxygen atoms in total. The molecule has 0 bridgehead atoms. The van der Waals surface area contributed by atoms with Crippen LogP contribution in [-0.2, 0) is 0 Å². The Balaban J connectivity index is 1.25. The van der Waals surface area contributed by atoms with Gasteiger partial charge in [-0.25, -0.2) is 0 Å². The van der Waals surface area contributed by atoms with Crippen LogP contribution in [0.2, 0.25) is 0 Å². The lowest BCUT2D eigenvalue weighted by atomic mass is 10.1. The van der Waals surface area contributed by atoms with Crippen LogP contribution in [0.15, 0.2) is 146 Å². The van der Waals surface area contributed by atoms with Crippen LogP contribution < -0.4 is 20.7 Å². The molecule has 0 unspecified atom stereocenters. The molecular weight excluding hydrogens is 479 g/mol. The van der Waals surface area contributed by atoms with Gasteiger partial charge in [0.15, 0.2) is 0 Å². The number of ether oxygens (including phenoxy) is 1. The molecule has 0 aliphatic rings. The molecular formula is C36H34OP+. The SMILES string of the molecule is C(=Cc1ccc(OCCCC[P+](c2ccccc2)(c2ccccc2)c2ccccc2)cc1)c1ccccc1. The average Bonchev–Trinajstić information content (AvgIpc) is 3.00. The van der Waals surface area contributed by atoms with Gasteiger partial charge in [-0.3, -0.25) is 0 Å². The highest BCUT2D eigenvalue weighted by atomic mass is 31.2. The zero-order valence-electron chi connectivity index (χ0n) is 21.7. The van der Waals surface area contributed by atoms with E-state index in [9.17, 15) is 0 Å². The summed E-state index contributed by atoms with van der Waals surface area (Å²) in [5.74, 6) is 0.928. The summed E-state index contributed by atoms with van der Waals surface area (Å²) in [6, 6.07) is 52.1. The van der Waals surface area contributed by atoms with Crippen molar-refractivity contribution in [2.45, 2.75) is 12.8 Å². The summed E-state index contributed by atoms with van der Waals surface area (Å²) in [6.07, 6.45) is 7.52. The second-order valence-corrected chi connectivity index (χ2v) is 13.0. The molecule has 0 amide bonds. The first-order chi connectivity index (χ1) is 18.8. The molecule has 0 fully saturated rings. The van der Waals surface area contributed by atoms with Gasteiger partial charge in [0.05, 0.1) is 12.8 Å². The number of hydrogen-bond donors (Lipinski definition) is 0. The van der Waals surface area contributed by atoms with E-state index in [1.165, 1.54) is 27.0 Å². The van der Waals surface area contributed by atoms with E-state index in [-0.39, 0.29) is 0 Å². The van der Waals surface area contributed by atoms with E-state index in [2.05, 4.69) is 152 Å². The van der Waals surface area contributed by atoms with E-state index in [0.29, 0.717) is 0 Å². The van der Waals surface area contributed by atoms with Crippen LogP contribution in [0.5, 0.6) is 5.75 Å². The Kier molecular flexibility index (Phi) is 8.82. The Bertz CT molecular complexity index is 1300. The van der Waals surface area contributed by atoms with Crippen LogP contribution in [0.4, 0.5) is 0 Å². The maximum absolute atomic E-state index is 6.14. The van der Waals surface area contributed by atoms with E-state index < -0.39 is 7.26 Å². The molecule has 5 aromatic rings. The van der Waals surface area contributed by atoms with E-state index in [1.54, 1.807) is 0 Å². The largest absolute Gasteiger partial charge is 0.494 e. The van der Waals surface area contributed by atoms with Crippen molar-refractivity contribution in [2.24, 2.45) is 0 Å². The van der Waals surface area contributed by atoms with Crippen molar-refractivity contribution < 1.29 is 4.74 Å². The Morgan fingerprint density at radius 3 is 1.34 bits per heavy atom. The molecule has 0 aliphatic carbocycles. The minimum atomic E-state index is -1.77. The predicted octanol–water partition coefficient (Wildman–Crippen LogP) is 8.01. The topological polar surface area (TPSA) is 9.23 Å². The van der Waals surface area contributed by atoms with Crippen molar-refractivity contribution in [3.63, 3.8) is 0 Å². The Labute approximate surface area is 227 Å². The fourth-order valence-electron chi connectivity index (χ4n) is 4.95. The van der Waals surface area contributed by atoms with Crippen molar-refractivity contribution in [3.8, 4) is 5.75 Å². The number of unbranched alkanes of at least 4 members (excludes halogenated alkanes) is 1. The highest BCUT2D eigenvalue weighted by Gasteiger charge is 2.44. The number of hydrogen-bond acceptors (Lipinski definition) is 1. The third-order valence-electron chi connectivity index (χ3n) is 6.90. The molecule has 0 atom stereocenters. The Hall–Kier alpha value is -3.93. The van der Waals surface area contributed by atoms with Gasteiger partial charge in [-0.05, 0) is 72.5 Å². The lowest BCUT2D eigenvalue weighted by Gasteiger charge is -2.27. The first-order valence-electron chi connectivity index (χ1n) is 13.4. The van der Waals surface area contributed by atoms with E-state index in [1.807, 2.05) is 6.07 Å². The quantitative estimate of drug-likeness (QED) is 0.0987. The summed E-state index contributed by atoms with van der Waals surface area (Å²) < 4.78 is 6.14. The van der Waals surface area contributed by atoms with Crippen LogP contribution >= 0.6 is 7.26 Å². The molecule has 188 valence electrons. The smallest absolute Gasteiger partial charge is 0.119 e. The number of rotatable bonds is 11. The zero-order valence-corrected chi connectivity index (χ0v) is 22.6. The lowest BCUT2D eigenvalue weighted by Crippen LogP contribution is -2.33. The fraction of sp³-hybridized carbons (Fsp3) is 0.111. The maximum atomic E-state index is 6.14. The monoisotopic (exact) mass is 513 g/mol. The van der Waals surface area contributed by atoms with Crippen LogP contribution in [0, 0.1) is 0 Å². The zero-order chi connectivity index (χ0) is 25.9. The number of benzene rings is 5. The first-order valence-corrected chi connectivity index (χ1v) is 15.3. The van der Waals surface area contributed by atoms with Crippen LogP contribution in [-0.4, -0.2) is 12.8 Å². The van der Waals surface area contributed by atoms with Crippen LogP contribution in [0.3, 0.4) is 0 Å². The van der Waals surface area contributed by atoms with Crippen molar-refractivity contribution in [1.82, 2.24) is 0 Å². The molecule has 0 saturated carbocycles. The first kappa shape index (κ1) is 25.7. The second kappa shape index (κ2) is 13.0. The maximum Gasteiger partial charge on any atom is 0.119 e. The summed E-state index contributed by atoms with van der Waals surface area (Å²) >= 11 is 0. The highest BCUT2D eigenvalue weighted by molar-refractivity contribution is 7.95. The van der Waals surface area contributed by atoms with Gasteiger partial charge in [0.2, 0.25) is 0 Å². The van der Waals surface area contributed by atoms with Gasteiger partial charge in [-0.15, -0.1) is 0 Å². The lowest BCUT2D eigenvalue weighted by molar-refractivity contribution is 0.309. The van der Waals surface area contributed by atoms with Crippen molar-refractivity contribution in [1.29, 1.82) is 0 Å². The van der Waals surface area contributed by atoms with Crippen molar-refractivity contribution in [2.75, 3.05) is 12.8 Å². The molecule has 0 N–H and O–H groups in total. The van der Waals surface area contributed by atoms with Gasteiger partial charge in [0.1, 0.15) is 28.9 Å². The summed E-state index contributed by atoms with van der Waals surface area (Å²) in [6.45, 7) is 0.720. The van der Waals surface area contributed by atoms with Crippen molar-refractivity contribution in [3.05, 3.63) is 157 Å². The standard InChI is InChI=1S/C36H34OP/c1-5-15-31(16-6-1)23-24-32-25-27-33(28-26-32)37-29-13-14-30-38(34-17-7-2-8-18-34,35-19-9-3-10-20-35)36-21-11-4-12-22-36/h1-12,15-28H,13-14,29-30H2/q+1. The van der Waals surface area contributed by atoms with E-state index in [0.717, 1.165) is 31.4 Å². The van der Waals surface area contributed by atoms with Gasteiger partial charge < -0.3 is 4.74 Å². The Morgan fingerprint density at radius 2 is 0.868 bits per heavy atom. The van der Waals surface area contributed by atoms with Crippen LogP contribution in [0.25, 0.3) is 12.2 Å². The fourth-order valence-corrected chi connectivity index (χ4v) is 9.37. The van der Waals surface area contributed by atoms with Gasteiger partial charge in [0, 0.05) is 0 Å². The van der Waals surface area contributed by atoms with Gasteiger partial charge >= 0.3 is 0 Å². The van der Waals surface area contributed by atoms with E-state index in [4.69, 9.17) is 4.74 Å². The molecule has 0 aliphatic heterocycles. The molecule has 0 spiro atoms. The molecule has 5 aromatic carbocycles. The minimum absolute atomic E-state index is 0.720. The molecule has 2 heteroatoms. The third kappa shape index (κ3) is 6.31. The van der Waals surface area contributed by atoms with Gasteiger partial charge in [-0.2, -0.15) is 0 Å². The molecule has 0 heterocycles. The summed E-state index contributed by atoms with van der Waals surface area (Å²) in [7, 11) is -1.77. The van der Waals surface area contributed by atoms with E-state index >= 15 is 0 Å². The highest BCUT2D eigenvalue weighted by Crippen LogP contribution is 2.55. The van der Waals surface area contributed by atoms with Gasteiger partial charge in [0.25, 0.3) is 0 Å². The summed E-state index contributed by atoms with van der Waals surface area (Å²) in [4.78, 5) is 0.